The molecule has 12 heteroatoms. The molecule has 2 aromatic heterocycles. The minimum atomic E-state index is -0.407. The Balaban J connectivity index is 1.77. The maximum absolute atomic E-state index is 14.0. The Morgan fingerprint density at radius 2 is 1.73 bits per heavy atom. The lowest BCUT2D eigenvalue weighted by molar-refractivity contribution is -0.141. The molecule has 0 saturated carbocycles. The van der Waals surface area contributed by atoms with Crippen LogP contribution < -0.4 is 9.47 Å². The van der Waals surface area contributed by atoms with Gasteiger partial charge in [-0.3, -0.25) is 14.3 Å². The van der Waals surface area contributed by atoms with Gasteiger partial charge in [-0.2, -0.15) is 10.2 Å². The number of carbonyl (C=O) groups excluding carboxylic acids is 2. The fraction of sp³-hybridized carbons (Fsp3) is 0.375. The van der Waals surface area contributed by atoms with E-state index in [1.54, 1.807) is 46.6 Å². The highest BCUT2D eigenvalue weighted by atomic mass is 35.5. The zero-order valence-electron chi connectivity index (χ0n) is 26.0. The maximum Gasteiger partial charge on any atom is 0.327 e. The van der Waals surface area contributed by atoms with Crippen molar-refractivity contribution in [1.29, 1.82) is 0 Å². The van der Waals surface area contributed by atoms with Crippen molar-refractivity contribution in [2.75, 3.05) is 21.3 Å². The summed E-state index contributed by atoms with van der Waals surface area (Å²) in [6.07, 6.45) is 0.757. The Kier molecular flexibility index (Phi) is 8.43. The van der Waals surface area contributed by atoms with E-state index in [0.29, 0.717) is 49.7 Å². The van der Waals surface area contributed by atoms with Crippen LogP contribution >= 0.6 is 23.2 Å². The minimum absolute atomic E-state index is 0.0287. The highest BCUT2D eigenvalue weighted by Gasteiger charge is 2.36. The van der Waals surface area contributed by atoms with Crippen molar-refractivity contribution in [2.24, 2.45) is 0 Å². The average Bonchev–Trinajstić information content (AvgIpc) is 3.51. The van der Waals surface area contributed by atoms with Gasteiger partial charge in [0.2, 0.25) is 0 Å². The number of fused-ring (bicyclic) bond motifs is 3. The second-order valence-corrected chi connectivity index (χ2v) is 12.2. The first-order valence-corrected chi connectivity index (χ1v) is 14.9. The third kappa shape index (κ3) is 5.41. The topological polar surface area (TPSA) is 101 Å². The number of hydrogen-bond donors (Lipinski definition) is 0. The van der Waals surface area contributed by atoms with Crippen LogP contribution in [0.3, 0.4) is 0 Å². The summed E-state index contributed by atoms with van der Waals surface area (Å²) < 4.78 is 20.2. The number of ether oxygens (including phenoxy) is 3. The molecular weight excluding hydrogens is 605 g/mol. The van der Waals surface area contributed by atoms with Gasteiger partial charge in [0.25, 0.3) is 5.91 Å². The van der Waals surface area contributed by atoms with Crippen molar-refractivity contribution in [2.45, 2.75) is 59.7 Å². The number of nitrogens with zero attached hydrogens (tertiary/aromatic N) is 5. The zero-order valence-corrected chi connectivity index (χ0v) is 27.6. The van der Waals surface area contributed by atoms with Gasteiger partial charge in [-0.25, -0.2) is 4.68 Å². The molecular formula is C32H35Cl2N5O5. The quantitative estimate of drug-likeness (QED) is 0.199. The van der Waals surface area contributed by atoms with Crippen LogP contribution in [0.5, 0.6) is 11.5 Å². The van der Waals surface area contributed by atoms with Crippen LogP contribution in [0.25, 0.3) is 28.1 Å². The molecule has 0 spiro atoms. The summed E-state index contributed by atoms with van der Waals surface area (Å²) in [5.74, 6) is 0.492. The molecule has 4 aromatic rings. The first-order valence-electron chi connectivity index (χ1n) is 14.1. The SMILES string of the molecule is CCC(C)(C)N(C)C(=O)c1nn(-c2cc(Cl)cc(Cl)c2)c2c1COc1cc(OC)c(-c3c(C)nn(CC(=O)OC)c3C)cc1-2. The van der Waals surface area contributed by atoms with Crippen molar-refractivity contribution in [3.8, 4) is 39.6 Å². The van der Waals surface area contributed by atoms with Gasteiger partial charge in [0.05, 0.1) is 31.3 Å². The number of hydrogen-bond acceptors (Lipinski definition) is 7. The molecule has 0 aliphatic carbocycles. The molecule has 1 amide bonds. The number of benzene rings is 2. The predicted molar refractivity (Wildman–Crippen MR) is 169 cm³/mol. The first-order chi connectivity index (χ1) is 20.8. The van der Waals surface area contributed by atoms with Gasteiger partial charge in [-0.1, -0.05) is 30.1 Å². The van der Waals surface area contributed by atoms with Crippen LogP contribution in [0.15, 0.2) is 30.3 Å². The van der Waals surface area contributed by atoms with E-state index >= 15 is 0 Å². The third-order valence-corrected chi connectivity index (χ3v) is 8.88. The number of esters is 1. The van der Waals surface area contributed by atoms with E-state index in [2.05, 4.69) is 5.10 Å². The molecule has 0 saturated heterocycles. The molecule has 0 radical (unpaired) electrons. The van der Waals surface area contributed by atoms with Crippen molar-refractivity contribution in [3.63, 3.8) is 0 Å². The lowest BCUT2D eigenvalue weighted by Crippen LogP contribution is -2.45. The van der Waals surface area contributed by atoms with E-state index in [1.165, 1.54) is 7.11 Å². The largest absolute Gasteiger partial charge is 0.496 e. The lowest BCUT2D eigenvalue weighted by atomic mass is 9.94. The van der Waals surface area contributed by atoms with Crippen LogP contribution in [0.2, 0.25) is 10.0 Å². The summed E-state index contributed by atoms with van der Waals surface area (Å²) in [5, 5.41) is 10.3. The van der Waals surface area contributed by atoms with Gasteiger partial charge in [0.15, 0.2) is 5.69 Å². The number of aryl methyl sites for hydroxylation is 1. The van der Waals surface area contributed by atoms with Gasteiger partial charge in [0.1, 0.15) is 24.7 Å². The summed E-state index contributed by atoms with van der Waals surface area (Å²) in [5.41, 5.74) is 5.50. The van der Waals surface area contributed by atoms with Crippen LogP contribution in [-0.4, -0.2) is 63.1 Å². The number of carbonyl (C=O) groups is 2. The molecule has 0 fully saturated rings. The predicted octanol–water partition coefficient (Wildman–Crippen LogP) is 6.66. The monoisotopic (exact) mass is 639 g/mol. The molecule has 10 nitrogen and oxygen atoms in total. The molecule has 1 aliphatic rings. The van der Waals surface area contributed by atoms with Gasteiger partial charge in [0, 0.05) is 56.6 Å². The van der Waals surface area contributed by atoms with E-state index in [4.69, 9.17) is 42.5 Å². The maximum atomic E-state index is 14.0. The molecule has 0 atom stereocenters. The van der Waals surface area contributed by atoms with E-state index in [9.17, 15) is 9.59 Å². The number of methoxy groups -OCH3 is 2. The van der Waals surface area contributed by atoms with Gasteiger partial charge >= 0.3 is 5.97 Å². The third-order valence-electron chi connectivity index (χ3n) is 8.44. The molecule has 1 aliphatic heterocycles. The Labute approximate surface area is 266 Å². The fourth-order valence-electron chi connectivity index (χ4n) is 5.36. The van der Waals surface area contributed by atoms with E-state index < -0.39 is 11.5 Å². The van der Waals surface area contributed by atoms with Gasteiger partial charge < -0.3 is 19.1 Å². The van der Waals surface area contributed by atoms with E-state index in [1.807, 2.05) is 46.8 Å². The Bertz CT molecular complexity index is 1770. The summed E-state index contributed by atoms with van der Waals surface area (Å²) in [6, 6.07) is 8.91. The summed E-state index contributed by atoms with van der Waals surface area (Å²) in [6.45, 7) is 9.92. The Morgan fingerprint density at radius 3 is 2.34 bits per heavy atom. The molecule has 0 N–H and O–H groups in total. The molecule has 232 valence electrons. The zero-order chi connectivity index (χ0) is 32.1. The normalized spacial score (nSPS) is 12.3. The van der Waals surface area contributed by atoms with Crippen molar-refractivity contribution in [3.05, 3.63) is 63.0 Å². The number of rotatable bonds is 8. The summed E-state index contributed by atoms with van der Waals surface area (Å²) >= 11 is 12.9. The number of aromatic nitrogens is 4. The summed E-state index contributed by atoms with van der Waals surface area (Å²) in [4.78, 5) is 27.8. The van der Waals surface area contributed by atoms with Crippen molar-refractivity contribution < 1.29 is 23.8 Å². The van der Waals surface area contributed by atoms with Crippen LogP contribution in [-0.2, 0) is 22.7 Å². The first kappa shape index (κ1) is 31.4. The standard InChI is InChI=1S/C32H35Cl2N5O5/c1-9-32(4,5)37(6)31(41)29-24-16-44-26-14-25(42-7)22(28-17(2)35-38(18(28)3)15-27(40)43-8)13-23(26)30(24)39(36-29)21-11-19(33)10-20(34)12-21/h10-14H,9,15-16H2,1-8H3. The molecule has 3 heterocycles. The average molecular weight is 641 g/mol. The minimum Gasteiger partial charge on any atom is -0.496 e. The molecule has 0 bridgehead atoms. The molecule has 2 aromatic carbocycles. The smallest absolute Gasteiger partial charge is 0.327 e. The second kappa shape index (κ2) is 11.8. The highest BCUT2D eigenvalue weighted by Crippen LogP contribution is 2.47. The Hall–Kier alpha value is -4.02. The van der Waals surface area contributed by atoms with E-state index in [0.717, 1.165) is 23.2 Å². The molecule has 5 rings (SSSR count). The molecule has 0 unspecified atom stereocenters. The van der Waals surface area contributed by atoms with E-state index in [-0.39, 0.29) is 24.8 Å². The van der Waals surface area contributed by atoms with Crippen molar-refractivity contribution in [1.82, 2.24) is 24.5 Å². The van der Waals surface area contributed by atoms with Crippen LogP contribution in [0, 0.1) is 13.8 Å². The number of halogens is 2. The second-order valence-electron chi connectivity index (χ2n) is 11.4. The van der Waals surface area contributed by atoms with Gasteiger partial charge in [-0.05, 0) is 58.4 Å². The number of amides is 1. The molecule has 44 heavy (non-hydrogen) atoms. The van der Waals surface area contributed by atoms with Crippen molar-refractivity contribution >= 4 is 35.1 Å². The van der Waals surface area contributed by atoms with Crippen LogP contribution in [0.4, 0.5) is 0 Å². The van der Waals surface area contributed by atoms with Crippen LogP contribution in [0.1, 0.15) is 54.6 Å². The fourth-order valence-corrected chi connectivity index (χ4v) is 5.88. The lowest BCUT2D eigenvalue weighted by Gasteiger charge is -2.34. The summed E-state index contributed by atoms with van der Waals surface area (Å²) in [7, 11) is 4.71. The Morgan fingerprint density at radius 1 is 1.05 bits per heavy atom. The van der Waals surface area contributed by atoms with Gasteiger partial charge in [-0.15, -0.1) is 0 Å². The highest BCUT2D eigenvalue weighted by molar-refractivity contribution is 6.34.